The van der Waals surface area contributed by atoms with Crippen LogP contribution in [-0.2, 0) is 0 Å². The van der Waals surface area contributed by atoms with Crippen molar-refractivity contribution >= 4 is 33.0 Å². The zero-order valence-electron chi connectivity index (χ0n) is 15.2. The molecule has 1 saturated carbocycles. The van der Waals surface area contributed by atoms with E-state index in [4.69, 9.17) is 0 Å². The van der Waals surface area contributed by atoms with E-state index in [1.54, 1.807) is 0 Å². The van der Waals surface area contributed by atoms with Crippen molar-refractivity contribution in [1.82, 2.24) is 15.1 Å². The standard InChI is InChI=1S/C18H24N6O2S/c25-15-13(19-11-4-1-2-5-11)14(16(15)26)20-17-21-22-18(27-17)24-9-8-23-7-3-6-12(23)10-24/h11-12,19H,1-10H2,(H,20,21)/t12-/m0/s1. The first-order valence-electron chi connectivity index (χ1n) is 9.88. The number of piperazine rings is 1. The van der Waals surface area contributed by atoms with Crippen molar-refractivity contribution in [3.8, 4) is 0 Å². The molecule has 8 nitrogen and oxygen atoms in total. The molecule has 0 radical (unpaired) electrons. The second-order valence-corrected chi connectivity index (χ2v) is 8.78. The molecule has 2 N–H and O–H groups in total. The summed E-state index contributed by atoms with van der Waals surface area (Å²) in [6.07, 6.45) is 6.97. The summed E-state index contributed by atoms with van der Waals surface area (Å²) in [4.78, 5) is 28.8. The highest BCUT2D eigenvalue weighted by Gasteiger charge is 2.32. The molecule has 1 aromatic carbocycles. The maximum atomic E-state index is 12.0. The summed E-state index contributed by atoms with van der Waals surface area (Å²) < 4.78 is 0. The number of hydrogen-bond acceptors (Lipinski definition) is 9. The van der Waals surface area contributed by atoms with Gasteiger partial charge in [-0.15, -0.1) is 10.2 Å². The number of anilines is 4. The molecule has 1 aliphatic carbocycles. The maximum Gasteiger partial charge on any atom is 0.253 e. The third-order valence-corrected chi connectivity index (χ3v) is 7.02. The highest BCUT2D eigenvalue weighted by Crippen LogP contribution is 2.32. The van der Waals surface area contributed by atoms with Gasteiger partial charge in [-0.1, -0.05) is 24.2 Å². The minimum absolute atomic E-state index is 0.293. The Bertz CT molecular complexity index is 898. The molecule has 0 spiro atoms. The van der Waals surface area contributed by atoms with Crippen LogP contribution in [0.2, 0.25) is 0 Å². The van der Waals surface area contributed by atoms with Gasteiger partial charge in [0.2, 0.25) is 10.3 Å². The Kier molecular flexibility index (Phi) is 4.35. The Labute approximate surface area is 161 Å². The lowest BCUT2D eigenvalue weighted by Crippen LogP contribution is -2.50. The quantitative estimate of drug-likeness (QED) is 0.745. The van der Waals surface area contributed by atoms with Crippen molar-refractivity contribution in [2.24, 2.45) is 0 Å². The summed E-state index contributed by atoms with van der Waals surface area (Å²) in [5.41, 5.74) is -0.128. The van der Waals surface area contributed by atoms with Gasteiger partial charge in [0.1, 0.15) is 11.4 Å². The summed E-state index contributed by atoms with van der Waals surface area (Å²) >= 11 is 1.45. The van der Waals surface area contributed by atoms with Crippen molar-refractivity contribution in [3.05, 3.63) is 20.4 Å². The molecule has 1 atom stereocenters. The van der Waals surface area contributed by atoms with E-state index in [0.29, 0.717) is 28.6 Å². The Morgan fingerprint density at radius 2 is 1.74 bits per heavy atom. The van der Waals surface area contributed by atoms with Crippen LogP contribution in [0.25, 0.3) is 0 Å². The Morgan fingerprint density at radius 1 is 0.926 bits per heavy atom. The van der Waals surface area contributed by atoms with E-state index in [1.165, 1.54) is 43.6 Å². The minimum Gasteiger partial charge on any atom is -0.377 e. The van der Waals surface area contributed by atoms with Crippen molar-refractivity contribution in [1.29, 1.82) is 0 Å². The lowest BCUT2D eigenvalue weighted by atomic mass is 10.1. The fraction of sp³-hybridized carbons (Fsp3) is 0.667. The lowest BCUT2D eigenvalue weighted by Gasteiger charge is -2.37. The summed E-state index contributed by atoms with van der Waals surface area (Å²) in [6.45, 7) is 4.23. The molecule has 0 unspecified atom stereocenters. The molecule has 0 bridgehead atoms. The summed E-state index contributed by atoms with van der Waals surface area (Å²) in [5, 5.41) is 16.3. The van der Waals surface area contributed by atoms with E-state index in [2.05, 4.69) is 30.6 Å². The first-order chi connectivity index (χ1) is 13.2. The van der Waals surface area contributed by atoms with Gasteiger partial charge >= 0.3 is 0 Å². The second kappa shape index (κ2) is 6.87. The third-order valence-electron chi connectivity index (χ3n) is 6.12. The number of rotatable bonds is 5. The van der Waals surface area contributed by atoms with Gasteiger partial charge in [-0.25, -0.2) is 0 Å². The number of nitrogens with zero attached hydrogens (tertiary/aromatic N) is 4. The van der Waals surface area contributed by atoms with E-state index >= 15 is 0 Å². The molecule has 2 aromatic rings. The molecule has 5 rings (SSSR count). The van der Waals surface area contributed by atoms with Crippen LogP contribution in [0.15, 0.2) is 9.59 Å². The number of nitrogens with one attached hydrogen (secondary N) is 2. The molecule has 27 heavy (non-hydrogen) atoms. The van der Waals surface area contributed by atoms with Gasteiger partial charge in [-0.3, -0.25) is 14.5 Å². The van der Waals surface area contributed by atoms with E-state index < -0.39 is 10.9 Å². The Morgan fingerprint density at radius 3 is 2.59 bits per heavy atom. The van der Waals surface area contributed by atoms with Gasteiger partial charge in [0.25, 0.3) is 10.9 Å². The normalized spacial score (nSPS) is 23.9. The van der Waals surface area contributed by atoms with Crippen LogP contribution in [0, 0.1) is 0 Å². The van der Waals surface area contributed by atoms with Crippen LogP contribution in [-0.4, -0.2) is 53.4 Å². The maximum absolute atomic E-state index is 12.0. The zero-order valence-corrected chi connectivity index (χ0v) is 16.1. The van der Waals surface area contributed by atoms with Crippen molar-refractivity contribution in [2.45, 2.75) is 50.6 Å². The topological polar surface area (TPSA) is 90.5 Å². The minimum atomic E-state index is -0.466. The number of hydrogen-bond donors (Lipinski definition) is 2. The highest BCUT2D eigenvalue weighted by atomic mass is 32.1. The van der Waals surface area contributed by atoms with Crippen LogP contribution >= 0.6 is 11.3 Å². The van der Waals surface area contributed by atoms with Crippen LogP contribution in [0.5, 0.6) is 0 Å². The molecule has 1 aromatic heterocycles. The predicted molar refractivity (Wildman–Crippen MR) is 107 cm³/mol. The smallest absolute Gasteiger partial charge is 0.253 e. The predicted octanol–water partition coefficient (Wildman–Crippen LogP) is 1.52. The third kappa shape index (κ3) is 3.12. The van der Waals surface area contributed by atoms with E-state index in [9.17, 15) is 9.59 Å². The van der Waals surface area contributed by atoms with E-state index in [0.717, 1.165) is 37.6 Å². The summed E-state index contributed by atoms with van der Waals surface area (Å²) in [7, 11) is 0. The molecule has 0 amide bonds. The van der Waals surface area contributed by atoms with Crippen LogP contribution in [0.1, 0.15) is 38.5 Å². The molecule has 2 saturated heterocycles. The molecule has 3 heterocycles. The zero-order chi connectivity index (χ0) is 18.4. The molecule has 9 heteroatoms. The average Bonchev–Trinajstić information content (AvgIpc) is 3.45. The Hall–Kier alpha value is -2.00. The first-order valence-corrected chi connectivity index (χ1v) is 10.7. The van der Waals surface area contributed by atoms with E-state index in [-0.39, 0.29) is 0 Å². The average molecular weight is 388 g/mol. The SMILES string of the molecule is O=c1c(Nc2nnc(N3CCN4CCC[C@H]4C3)s2)c(NC2CCCC2)c1=O. The second-order valence-electron chi connectivity index (χ2n) is 7.83. The van der Waals surface area contributed by atoms with Crippen molar-refractivity contribution in [2.75, 3.05) is 41.7 Å². The Balaban J connectivity index is 1.28. The summed E-state index contributed by atoms with van der Waals surface area (Å²) in [5.74, 6) is 0. The van der Waals surface area contributed by atoms with Crippen LogP contribution < -0.4 is 26.4 Å². The molecular formula is C18H24N6O2S. The van der Waals surface area contributed by atoms with Crippen molar-refractivity contribution < 1.29 is 0 Å². The van der Waals surface area contributed by atoms with Crippen molar-refractivity contribution in [3.63, 3.8) is 0 Å². The molecular weight excluding hydrogens is 364 g/mol. The monoisotopic (exact) mass is 388 g/mol. The van der Waals surface area contributed by atoms with Gasteiger partial charge in [0.15, 0.2) is 0 Å². The number of aromatic nitrogens is 2. The lowest BCUT2D eigenvalue weighted by molar-refractivity contribution is 0.231. The molecule has 144 valence electrons. The molecule has 3 aliphatic rings. The molecule has 3 fully saturated rings. The fourth-order valence-corrected chi connectivity index (χ4v) is 5.37. The van der Waals surface area contributed by atoms with Crippen LogP contribution in [0.4, 0.5) is 21.6 Å². The largest absolute Gasteiger partial charge is 0.377 e. The van der Waals surface area contributed by atoms with Gasteiger partial charge in [0.05, 0.1) is 0 Å². The van der Waals surface area contributed by atoms with Gasteiger partial charge in [0, 0.05) is 31.7 Å². The van der Waals surface area contributed by atoms with Gasteiger partial charge < -0.3 is 15.5 Å². The number of fused-ring (bicyclic) bond motifs is 1. The first kappa shape index (κ1) is 17.1. The fourth-order valence-electron chi connectivity index (χ4n) is 4.59. The van der Waals surface area contributed by atoms with E-state index in [1.807, 2.05) is 0 Å². The molecule has 2 aliphatic heterocycles. The van der Waals surface area contributed by atoms with Gasteiger partial charge in [-0.2, -0.15) is 0 Å². The highest BCUT2D eigenvalue weighted by molar-refractivity contribution is 7.19. The van der Waals surface area contributed by atoms with Gasteiger partial charge in [-0.05, 0) is 32.2 Å². The summed E-state index contributed by atoms with van der Waals surface area (Å²) in [6, 6.07) is 0.913. The van der Waals surface area contributed by atoms with Crippen LogP contribution in [0.3, 0.4) is 0 Å².